The van der Waals surface area contributed by atoms with Crippen LogP contribution < -0.4 is 16.0 Å². The highest BCUT2D eigenvalue weighted by Gasteiger charge is 2.22. The number of fused-ring (bicyclic) bond motifs is 1. The standard InChI is InChI=1S/C23H26F2N4OS/c1-13(16-10-18(25)19(11-17(16)24)29-8-4-3-5-9-29)12-27-22(30)21-20(26)15-7-6-14(2)28-23(15)31-21/h6-7,10-11,13H,3-5,8-9,12,26H2,1-2H3,(H,27,30)/t13-/m1/s1. The van der Waals surface area contributed by atoms with Crippen molar-refractivity contribution in [2.24, 2.45) is 0 Å². The van der Waals surface area contributed by atoms with Crippen molar-refractivity contribution < 1.29 is 13.6 Å². The Morgan fingerprint density at radius 3 is 2.71 bits per heavy atom. The molecule has 3 aromatic rings. The van der Waals surface area contributed by atoms with Crippen LogP contribution in [-0.2, 0) is 0 Å². The molecule has 1 aliphatic rings. The van der Waals surface area contributed by atoms with E-state index in [1.807, 2.05) is 24.0 Å². The second-order valence-electron chi connectivity index (χ2n) is 8.13. The molecule has 5 nitrogen and oxygen atoms in total. The topological polar surface area (TPSA) is 71.2 Å². The first kappa shape index (κ1) is 21.5. The van der Waals surface area contributed by atoms with E-state index in [4.69, 9.17) is 5.73 Å². The van der Waals surface area contributed by atoms with Crippen molar-refractivity contribution in [3.05, 3.63) is 52.0 Å². The zero-order chi connectivity index (χ0) is 22.1. The van der Waals surface area contributed by atoms with Gasteiger partial charge in [-0.1, -0.05) is 6.92 Å². The Balaban J connectivity index is 1.47. The molecule has 31 heavy (non-hydrogen) atoms. The van der Waals surface area contributed by atoms with Gasteiger partial charge in [0.25, 0.3) is 5.91 Å². The summed E-state index contributed by atoms with van der Waals surface area (Å²) < 4.78 is 29.5. The van der Waals surface area contributed by atoms with Gasteiger partial charge in [0, 0.05) is 42.7 Å². The molecule has 0 saturated carbocycles. The van der Waals surface area contributed by atoms with Crippen LogP contribution in [0.5, 0.6) is 0 Å². The third-order valence-electron chi connectivity index (χ3n) is 5.80. The molecule has 164 valence electrons. The predicted molar refractivity (Wildman–Crippen MR) is 122 cm³/mol. The van der Waals surface area contributed by atoms with Crippen molar-refractivity contribution in [3.8, 4) is 0 Å². The van der Waals surface area contributed by atoms with Crippen molar-refractivity contribution >= 4 is 38.8 Å². The van der Waals surface area contributed by atoms with E-state index in [1.54, 1.807) is 6.92 Å². The number of carbonyl (C=O) groups excluding carboxylic acids is 1. The fourth-order valence-electron chi connectivity index (χ4n) is 4.00. The van der Waals surface area contributed by atoms with Crippen LogP contribution in [0.4, 0.5) is 20.2 Å². The number of hydrogen-bond acceptors (Lipinski definition) is 5. The fraction of sp³-hybridized carbons (Fsp3) is 0.391. The summed E-state index contributed by atoms with van der Waals surface area (Å²) in [5, 5.41) is 3.55. The van der Waals surface area contributed by atoms with Gasteiger partial charge < -0.3 is 16.0 Å². The van der Waals surface area contributed by atoms with Gasteiger partial charge in [-0.15, -0.1) is 11.3 Å². The lowest BCUT2D eigenvalue weighted by molar-refractivity contribution is 0.0956. The number of hydrogen-bond donors (Lipinski definition) is 2. The number of amides is 1. The lowest BCUT2D eigenvalue weighted by Crippen LogP contribution is -2.30. The molecule has 0 aliphatic carbocycles. The lowest BCUT2D eigenvalue weighted by atomic mass is 9.99. The average molecular weight is 445 g/mol. The van der Waals surface area contributed by atoms with Crippen molar-refractivity contribution in [1.82, 2.24) is 10.3 Å². The molecule has 0 spiro atoms. The molecule has 0 unspecified atom stereocenters. The average Bonchev–Trinajstić information content (AvgIpc) is 3.09. The first-order chi connectivity index (χ1) is 14.8. The number of halogens is 2. The smallest absolute Gasteiger partial charge is 0.263 e. The number of piperidine rings is 1. The normalized spacial score (nSPS) is 15.3. The number of pyridine rings is 1. The van der Waals surface area contributed by atoms with Crippen molar-refractivity contribution in [3.63, 3.8) is 0 Å². The summed E-state index contributed by atoms with van der Waals surface area (Å²) >= 11 is 1.23. The molecule has 0 radical (unpaired) electrons. The Bertz CT molecular complexity index is 1120. The quantitative estimate of drug-likeness (QED) is 0.582. The molecule has 1 aliphatic heterocycles. The summed E-state index contributed by atoms with van der Waals surface area (Å²) in [7, 11) is 0. The monoisotopic (exact) mass is 444 g/mol. The summed E-state index contributed by atoms with van der Waals surface area (Å²) in [6.07, 6.45) is 3.10. The number of carbonyl (C=O) groups is 1. The fourth-order valence-corrected chi connectivity index (χ4v) is 5.06. The Morgan fingerprint density at radius 1 is 1.23 bits per heavy atom. The van der Waals surface area contributed by atoms with Crippen LogP contribution in [-0.4, -0.2) is 30.5 Å². The summed E-state index contributed by atoms with van der Waals surface area (Å²) in [4.78, 5) is 20.1. The molecule has 3 heterocycles. The van der Waals surface area contributed by atoms with E-state index in [2.05, 4.69) is 10.3 Å². The van der Waals surface area contributed by atoms with Gasteiger partial charge >= 0.3 is 0 Å². The molecule has 3 N–H and O–H groups in total. The Hall–Kier alpha value is -2.74. The lowest BCUT2D eigenvalue weighted by Gasteiger charge is -2.29. The van der Waals surface area contributed by atoms with Crippen LogP contribution in [0.1, 0.15) is 53.0 Å². The highest BCUT2D eigenvalue weighted by atomic mass is 32.1. The van der Waals surface area contributed by atoms with Gasteiger partial charge in [0.1, 0.15) is 21.3 Å². The molecule has 2 aromatic heterocycles. The van der Waals surface area contributed by atoms with Crippen LogP contribution in [0.25, 0.3) is 10.2 Å². The summed E-state index contributed by atoms with van der Waals surface area (Å²) in [6, 6.07) is 6.24. The number of nitrogens with zero attached hydrogens (tertiary/aromatic N) is 2. The maximum Gasteiger partial charge on any atom is 0.263 e. The maximum atomic E-state index is 14.8. The van der Waals surface area contributed by atoms with E-state index in [9.17, 15) is 13.6 Å². The molecule has 1 atom stereocenters. The number of rotatable bonds is 5. The number of nitrogens with two attached hydrogens (primary N) is 1. The summed E-state index contributed by atoms with van der Waals surface area (Å²) in [6.45, 7) is 5.29. The molecular weight excluding hydrogens is 418 g/mol. The molecule has 1 saturated heterocycles. The molecule has 1 fully saturated rings. The molecule has 1 amide bonds. The minimum Gasteiger partial charge on any atom is -0.397 e. The third-order valence-corrected chi connectivity index (χ3v) is 6.92. The molecular formula is C23H26F2N4OS. The van der Waals surface area contributed by atoms with Crippen molar-refractivity contribution in [2.75, 3.05) is 30.3 Å². The first-order valence-corrected chi connectivity index (χ1v) is 11.3. The van der Waals surface area contributed by atoms with Crippen molar-refractivity contribution in [2.45, 2.75) is 39.0 Å². The van der Waals surface area contributed by atoms with E-state index in [-0.39, 0.29) is 18.0 Å². The second-order valence-corrected chi connectivity index (χ2v) is 9.13. The van der Waals surface area contributed by atoms with Crippen LogP contribution in [0.3, 0.4) is 0 Å². The van der Waals surface area contributed by atoms with Gasteiger partial charge in [0.05, 0.1) is 11.4 Å². The predicted octanol–water partition coefficient (Wildman–Crippen LogP) is 4.99. The van der Waals surface area contributed by atoms with Gasteiger partial charge in [-0.05, 0) is 49.9 Å². The molecule has 8 heteroatoms. The van der Waals surface area contributed by atoms with Gasteiger partial charge in [0.15, 0.2) is 0 Å². The van der Waals surface area contributed by atoms with Gasteiger partial charge in [-0.2, -0.15) is 0 Å². The largest absolute Gasteiger partial charge is 0.397 e. The summed E-state index contributed by atoms with van der Waals surface area (Å²) in [5.41, 5.74) is 7.94. The van der Waals surface area contributed by atoms with E-state index in [0.717, 1.165) is 43.4 Å². The number of nitrogen functional groups attached to an aromatic ring is 1. The van der Waals surface area contributed by atoms with E-state index in [1.165, 1.54) is 23.5 Å². The van der Waals surface area contributed by atoms with Gasteiger partial charge in [-0.25, -0.2) is 13.8 Å². The van der Waals surface area contributed by atoms with Gasteiger partial charge in [0.2, 0.25) is 0 Å². The van der Waals surface area contributed by atoms with Crippen molar-refractivity contribution in [1.29, 1.82) is 0 Å². The van der Waals surface area contributed by atoms with Crippen LogP contribution in [0.15, 0.2) is 24.3 Å². The molecule has 1 aromatic carbocycles. The number of anilines is 2. The Labute approximate surface area is 184 Å². The minimum absolute atomic E-state index is 0.165. The van der Waals surface area contributed by atoms with Crippen LogP contribution >= 0.6 is 11.3 Å². The highest BCUT2D eigenvalue weighted by Crippen LogP contribution is 2.33. The minimum atomic E-state index is -0.454. The number of aryl methyl sites for hydroxylation is 1. The number of aromatic nitrogens is 1. The van der Waals surface area contributed by atoms with Gasteiger partial charge in [-0.3, -0.25) is 4.79 Å². The molecule has 4 rings (SSSR count). The third kappa shape index (κ3) is 4.35. The second kappa shape index (κ2) is 8.78. The number of nitrogens with one attached hydrogen (secondary N) is 1. The first-order valence-electron chi connectivity index (χ1n) is 10.5. The Morgan fingerprint density at radius 2 is 1.97 bits per heavy atom. The van der Waals surface area contributed by atoms with E-state index >= 15 is 0 Å². The maximum absolute atomic E-state index is 14.8. The number of thiophene rings is 1. The van der Waals surface area contributed by atoms with Crippen LogP contribution in [0.2, 0.25) is 0 Å². The zero-order valence-electron chi connectivity index (χ0n) is 17.7. The van der Waals surface area contributed by atoms with E-state index < -0.39 is 17.6 Å². The highest BCUT2D eigenvalue weighted by molar-refractivity contribution is 7.21. The zero-order valence-corrected chi connectivity index (χ0v) is 18.5. The van der Waals surface area contributed by atoms with E-state index in [0.29, 0.717) is 21.1 Å². The van der Waals surface area contributed by atoms with Crippen LogP contribution in [0, 0.1) is 18.6 Å². The SMILES string of the molecule is Cc1ccc2c(N)c(C(=O)NC[C@@H](C)c3cc(F)c(N4CCCCC4)cc3F)sc2n1. The number of benzene rings is 1. The molecule has 0 bridgehead atoms. The Kier molecular flexibility index (Phi) is 6.09. The summed E-state index contributed by atoms with van der Waals surface area (Å²) in [5.74, 6) is -1.61.